The normalized spacial score (nSPS) is 16.6. The highest BCUT2D eigenvalue weighted by Crippen LogP contribution is 2.34. The van der Waals surface area contributed by atoms with E-state index in [9.17, 15) is 30.8 Å². The summed E-state index contributed by atoms with van der Waals surface area (Å²) in [6.45, 7) is 6.73. The maximum atomic E-state index is 14.1. The summed E-state index contributed by atoms with van der Waals surface area (Å²) in [5.74, 6) is -1.91. The van der Waals surface area contributed by atoms with E-state index >= 15 is 0 Å². The molecule has 0 bridgehead atoms. The van der Waals surface area contributed by atoms with Gasteiger partial charge in [-0.25, -0.2) is 22.8 Å². The molecule has 1 amide bonds. The van der Waals surface area contributed by atoms with Crippen molar-refractivity contribution < 1.29 is 35.5 Å². The van der Waals surface area contributed by atoms with Gasteiger partial charge in [0.25, 0.3) is 5.91 Å². The summed E-state index contributed by atoms with van der Waals surface area (Å²) >= 11 is 0. The Kier molecular flexibility index (Phi) is 9.42. The van der Waals surface area contributed by atoms with E-state index in [-0.39, 0.29) is 44.1 Å². The van der Waals surface area contributed by atoms with E-state index in [0.29, 0.717) is 18.8 Å². The zero-order chi connectivity index (χ0) is 29.1. The number of methoxy groups -OCH3 is 1. The van der Waals surface area contributed by atoms with Crippen molar-refractivity contribution in [3.8, 4) is 0 Å². The first-order valence-corrected chi connectivity index (χ1v) is 14.3. The number of aromatic nitrogens is 2. The van der Waals surface area contributed by atoms with Crippen LogP contribution in [-0.4, -0.2) is 87.9 Å². The second-order valence-corrected chi connectivity index (χ2v) is 11.6. The van der Waals surface area contributed by atoms with Gasteiger partial charge in [-0.2, -0.15) is 13.2 Å². The molecule has 216 valence electrons. The Morgan fingerprint density at radius 2 is 1.95 bits per heavy atom. The number of likely N-dealkylation sites (N-methyl/N-ethyl adjacent to an activating group) is 1. The molecule has 39 heavy (non-hydrogen) atoms. The van der Waals surface area contributed by atoms with Crippen molar-refractivity contribution in [2.75, 3.05) is 62.5 Å². The van der Waals surface area contributed by atoms with Gasteiger partial charge in [-0.3, -0.25) is 4.79 Å². The summed E-state index contributed by atoms with van der Waals surface area (Å²) in [5.41, 5.74) is -1.46. The van der Waals surface area contributed by atoms with Crippen molar-refractivity contribution in [3.05, 3.63) is 41.5 Å². The molecule has 1 aliphatic heterocycles. The molecule has 0 saturated carbocycles. The van der Waals surface area contributed by atoms with Crippen molar-refractivity contribution in [2.24, 2.45) is 5.92 Å². The third kappa shape index (κ3) is 6.96. The quantitative estimate of drug-likeness (QED) is 0.420. The molecule has 0 aliphatic carbocycles. The van der Waals surface area contributed by atoms with Crippen molar-refractivity contribution in [1.82, 2.24) is 14.9 Å². The highest BCUT2D eigenvalue weighted by atomic mass is 32.2. The summed E-state index contributed by atoms with van der Waals surface area (Å²) in [5, 5.41) is 0. The molecule has 0 unspecified atom stereocenters. The van der Waals surface area contributed by atoms with Crippen molar-refractivity contribution >= 4 is 27.4 Å². The second-order valence-electron chi connectivity index (χ2n) is 9.65. The fourth-order valence-corrected chi connectivity index (χ4v) is 5.25. The minimum absolute atomic E-state index is 0.0634. The van der Waals surface area contributed by atoms with Gasteiger partial charge in [-0.15, -0.1) is 0 Å². The van der Waals surface area contributed by atoms with E-state index in [0.717, 1.165) is 18.5 Å². The van der Waals surface area contributed by atoms with Crippen molar-refractivity contribution in [3.63, 3.8) is 0 Å². The molecular weight excluding hydrogens is 542 g/mol. The topological polar surface area (TPSA) is 95.9 Å². The average Bonchev–Trinajstić information content (AvgIpc) is 2.87. The number of hydrogen-bond acceptors (Lipinski definition) is 8. The van der Waals surface area contributed by atoms with Gasteiger partial charge in [0.1, 0.15) is 10.7 Å². The highest BCUT2D eigenvalue weighted by molar-refractivity contribution is 7.90. The van der Waals surface area contributed by atoms with Gasteiger partial charge < -0.3 is 19.4 Å². The standard InChI is InChI=1S/C25H33F4N5O4S/c1-6-32(11-12-38-4)23(35)18-14-30-24(31-22(18)25(27,28)29)34-10-9-33(15-20(34)16(2)3)17-7-8-19(26)21(13-17)39(5,36)37/h7-8,13-14,16,20H,6,9-12,15H2,1-5H3/t20-/m0/s1. The largest absolute Gasteiger partial charge is 0.434 e. The van der Waals surface area contributed by atoms with Crippen LogP contribution in [0.15, 0.2) is 29.3 Å². The second kappa shape index (κ2) is 12.0. The molecule has 0 N–H and O–H groups in total. The number of alkyl halides is 3. The molecule has 0 spiro atoms. The Morgan fingerprint density at radius 3 is 2.51 bits per heavy atom. The van der Waals surface area contributed by atoms with Crippen LogP contribution in [0.5, 0.6) is 0 Å². The lowest BCUT2D eigenvalue weighted by Gasteiger charge is -2.44. The molecule has 2 heterocycles. The molecule has 1 fully saturated rings. The predicted octanol–water partition coefficient (Wildman–Crippen LogP) is 3.50. The molecule has 1 saturated heterocycles. The van der Waals surface area contributed by atoms with Gasteiger partial charge in [0.05, 0.1) is 18.2 Å². The fourth-order valence-electron chi connectivity index (χ4n) is 4.49. The van der Waals surface area contributed by atoms with Crippen LogP contribution < -0.4 is 9.80 Å². The van der Waals surface area contributed by atoms with Gasteiger partial charge in [-0.1, -0.05) is 13.8 Å². The summed E-state index contributed by atoms with van der Waals surface area (Å²) in [6, 6.07) is 3.46. The van der Waals surface area contributed by atoms with E-state index in [1.54, 1.807) is 11.8 Å². The maximum Gasteiger partial charge on any atom is 0.434 e. The number of amides is 1. The molecule has 1 aromatic carbocycles. The van der Waals surface area contributed by atoms with Gasteiger partial charge >= 0.3 is 6.18 Å². The lowest BCUT2D eigenvalue weighted by molar-refractivity contribution is -0.141. The molecule has 2 aromatic rings. The Morgan fingerprint density at radius 1 is 1.26 bits per heavy atom. The predicted molar refractivity (Wildman–Crippen MR) is 138 cm³/mol. The molecule has 14 heteroatoms. The molecule has 3 rings (SSSR count). The first-order chi connectivity index (χ1) is 18.2. The summed E-state index contributed by atoms with van der Waals surface area (Å²) in [7, 11) is -2.36. The third-order valence-electron chi connectivity index (χ3n) is 6.63. The van der Waals surface area contributed by atoms with Crippen LogP contribution in [0.4, 0.5) is 29.2 Å². The van der Waals surface area contributed by atoms with Crippen molar-refractivity contribution in [2.45, 2.75) is 37.9 Å². The minimum Gasteiger partial charge on any atom is -0.383 e. The van der Waals surface area contributed by atoms with Gasteiger partial charge in [0, 0.05) is 58.0 Å². The lowest BCUT2D eigenvalue weighted by Crippen LogP contribution is -2.56. The van der Waals surface area contributed by atoms with E-state index in [1.165, 1.54) is 24.1 Å². The average molecular weight is 576 g/mol. The van der Waals surface area contributed by atoms with E-state index in [4.69, 9.17) is 4.74 Å². The zero-order valence-electron chi connectivity index (χ0n) is 22.5. The summed E-state index contributed by atoms with van der Waals surface area (Å²) in [6.07, 6.45) is -3.05. The Bertz CT molecular complexity index is 1290. The van der Waals surface area contributed by atoms with Crippen LogP contribution in [0.2, 0.25) is 0 Å². The molecule has 9 nitrogen and oxygen atoms in total. The molecule has 1 atom stereocenters. The number of ether oxygens (including phenoxy) is 1. The zero-order valence-corrected chi connectivity index (χ0v) is 23.3. The van der Waals surface area contributed by atoms with Crippen LogP contribution in [0.3, 0.4) is 0 Å². The Labute approximate surface area is 225 Å². The van der Waals surface area contributed by atoms with Gasteiger partial charge in [0.15, 0.2) is 15.5 Å². The van der Waals surface area contributed by atoms with Crippen LogP contribution in [0.1, 0.15) is 36.8 Å². The number of halogens is 4. The highest BCUT2D eigenvalue weighted by Gasteiger charge is 2.40. The number of carbonyl (C=O) groups excluding carboxylic acids is 1. The monoisotopic (exact) mass is 575 g/mol. The molecule has 1 aliphatic rings. The Balaban J connectivity index is 1.95. The first kappa shape index (κ1) is 30.5. The fraction of sp³-hybridized carbons (Fsp3) is 0.560. The first-order valence-electron chi connectivity index (χ1n) is 12.4. The number of benzene rings is 1. The number of rotatable bonds is 9. The van der Waals surface area contributed by atoms with Gasteiger partial charge in [0.2, 0.25) is 5.95 Å². The van der Waals surface area contributed by atoms with Crippen LogP contribution in [0.25, 0.3) is 0 Å². The van der Waals surface area contributed by atoms with Crippen molar-refractivity contribution in [1.29, 1.82) is 0 Å². The van der Waals surface area contributed by atoms with E-state index in [2.05, 4.69) is 9.97 Å². The number of sulfone groups is 1. The van der Waals surface area contributed by atoms with Gasteiger partial charge in [-0.05, 0) is 31.0 Å². The molecule has 0 radical (unpaired) electrons. The van der Waals surface area contributed by atoms with Crippen LogP contribution in [-0.2, 0) is 20.8 Å². The maximum absolute atomic E-state index is 14.1. The summed E-state index contributed by atoms with van der Waals surface area (Å²) < 4.78 is 85.3. The van der Waals surface area contributed by atoms with Crippen LogP contribution >= 0.6 is 0 Å². The number of carbonyl (C=O) groups is 1. The molecule has 1 aromatic heterocycles. The number of anilines is 2. The lowest BCUT2D eigenvalue weighted by atomic mass is 9.99. The molecular formula is C25H33F4N5O4S. The number of nitrogens with zero attached hydrogens (tertiary/aromatic N) is 5. The SMILES string of the molecule is CCN(CCOC)C(=O)c1cnc(N2CCN(c3ccc(F)c(S(C)(=O)=O)c3)C[C@H]2C(C)C)nc1C(F)(F)F. The minimum atomic E-state index is -4.89. The third-order valence-corrected chi connectivity index (χ3v) is 7.75. The smallest absolute Gasteiger partial charge is 0.383 e. The Hall–Kier alpha value is -3.00. The number of piperazine rings is 1. The number of hydrogen-bond donors (Lipinski definition) is 0. The van der Waals surface area contributed by atoms with E-state index in [1.807, 2.05) is 18.7 Å². The summed E-state index contributed by atoms with van der Waals surface area (Å²) in [4.78, 5) is 25.3. The van der Waals surface area contributed by atoms with Crippen LogP contribution in [0, 0.1) is 11.7 Å². The van der Waals surface area contributed by atoms with E-state index < -0.39 is 43.9 Å².